The average Bonchev–Trinajstić information content (AvgIpc) is 2.71. The highest BCUT2D eigenvalue weighted by atomic mass is 35.5. The third kappa shape index (κ3) is 6.03. The van der Waals surface area contributed by atoms with Crippen LogP contribution in [0.25, 0.3) is 5.69 Å². The highest BCUT2D eigenvalue weighted by Crippen LogP contribution is 2.30. The first-order valence-corrected chi connectivity index (χ1v) is 10.9. The first-order valence-electron chi connectivity index (χ1n) is 9.52. The lowest BCUT2D eigenvalue weighted by atomic mass is 9.99. The van der Waals surface area contributed by atoms with Crippen LogP contribution in [0.1, 0.15) is 26.5 Å². The van der Waals surface area contributed by atoms with Crippen LogP contribution < -0.4 is 15.0 Å². The van der Waals surface area contributed by atoms with Crippen LogP contribution in [0.4, 0.5) is 0 Å². The fraction of sp³-hybridized carbons (Fsp3) is 0.304. The minimum Gasteiger partial charge on any atom is -0.493 e. The van der Waals surface area contributed by atoms with Crippen LogP contribution >= 0.6 is 23.4 Å². The summed E-state index contributed by atoms with van der Waals surface area (Å²) in [4.78, 5) is 18.2. The van der Waals surface area contributed by atoms with Crippen LogP contribution in [-0.2, 0) is 5.75 Å². The molecule has 1 aromatic heterocycles. The second-order valence-corrected chi connectivity index (χ2v) is 9.50. The Balaban J connectivity index is 1.75. The number of methoxy groups -OCH3 is 1. The molecule has 0 spiro atoms. The van der Waals surface area contributed by atoms with Crippen LogP contribution in [-0.4, -0.2) is 23.3 Å². The lowest BCUT2D eigenvalue weighted by Gasteiger charge is -2.20. The zero-order valence-electron chi connectivity index (χ0n) is 17.5. The number of halogens is 1. The molecule has 0 saturated carbocycles. The van der Waals surface area contributed by atoms with Gasteiger partial charge in [0, 0.05) is 27.8 Å². The van der Waals surface area contributed by atoms with Crippen molar-refractivity contribution in [3.63, 3.8) is 0 Å². The van der Waals surface area contributed by atoms with Crippen molar-refractivity contribution >= 4 is 23.4 Å². The van der Waals surface area contributed by atoms with Crippen molar-refractivity contribution in [2.75, 3.05) is 13.7 Å². The molecule has 3 rings (SSSR count). The average molecular weight is 445 g/mol. The quantitative estimate of drug-likeness (QED) is 0.443. The van der Waals surface area contributed by atoms with Gasteiger partial charge in [-0.25, -0.2) is 4.98 Å². The van der Waals surface area contributed by atoms with Gasteiger partial charge in [-0.3, -0.25) is 9.36 Å². The van der Waals surface area contributed by atoms with E-state index in [9.17, 15) is 4.79 Å². The largest absolute Gasteiger partial charge is 0.493 e. The summed E-state index contributed by atoms with van der Waals surface area (Å²) in [6, 6.07) is 14.6. The Hall–Kier alpha value is -2.44. The van der Waals surface area contributed by atoms with Crippen LogP contribution in [0.5, 0.6) is 11.5 Å². The van der Waals surface area contributed by atoms with Gasteiger partial charge in [0.15, 0.2) is 11.5 Å². The van der Waals surface area contributed by atoms with Gasteiger partial charge in [-0.2, -0.15) is 0 Å². The van der Waals surface area contributed by atoms with Gasteiger partial charge in [0.25, 0.3) is 5.56 Å². The molecule has 0 atom stereocenters. The molecular formula is C23H25ClN2O3S. The molecule has 30 heavy (non-hydrogen) atoms. The van der Waals surface area contributed by atoms with E-state index >= 15 is 0 Å². The van der Waals surface area contributed by atoms with E-state index in [2.05, 4.69) is 25.8 Å². The van der Waals surface area contributed by atoms with Crippen molar-refractivity contribution in [2.45, 2.75) is 31.4 Å². The molecular weight excluding hydrogens is 420 g/mol. The molecule has 0 saturated heterocycles. The van der Waals surface area contributed by atoms with Gasteiger partial charge in [-0.1, -0.05) is 32.4 Å². The van der Waals surface area contributed by atoms with Crippen LogP contribution in [0.15, 0.2) is 64.5 Å². The second kappa shape index (κ2) is 9.58. The monoisotopic (exact) mass is 444 g/mol. The summed E-state index contributed by atoms with van der Waals surface area (Å²) in [5.74, 6) is 1.82. The Bertz CT molecular complexity index is 1060. The summed E-state index contributed by atoms with van der Waals surface area (Å²) in [6.45, 7) is 6.87. The SMILES string of the molecule is COc1cc(-n2cnc(CSc3ccc(Cl)cc3)cc2=O)ccc1OCC(C)(C)C. The summed E-state index contributed by atoms with van der Waals surface area (Å²) >= 11 is 7.51. The fourth-order valence-electron chi connectivity index (χ4n) is 2.62. The molecule has 7 heteroatoms. The number of nitrogens with zero attached hydrogens (tertiary/aromatic N) is 2. The van der Waals surface area contributed by atoms with Crippen molar-refractivity contribution < 1.29 is 9.47 Å². The molecule has 0 aliphatic carbocycles. The van der Waals surface area contributed by atoms with Gasteiger partial charge >= 0.3 is 0 Å². The van der Waals surface area contributed by atoms with Gasteiger partial charge in [0.05, 0.1) is 25.1 Å². The van der Waals surface area contributed by atoms with E-state index in [1.807, 2.05) is 36.4 Å². The topological polar surface area (TPSA) is 53.4 Å². The molecule has 0 aliphatic rings. The minimum absolute atomic E-state index is 0.0321. The summed E-state index contributed by atoms with van der Waals surface area (Å²) < 4.78 is 12.8. The number of ether oxygens (including phenoxy) is 2. The molecule has 0 amide bonds. The lowest BCUT2D eigenvalue weighted by molar-refractivity contribution is 0.191. The van der Waals surface area contributed by atoms with E-state index in [-0.39, 0.29) is 11.0 Å². The minimum atomic E-state index is -0.151. The molecule has 0 N–H and O–H groups in total. The zero-order valence-corrected chi connectivity index (χ0v) is 19.1. The number of hydrogen-bond acceptors (Lipinski definition) is 5. The predicted molar refractivity (Wildman–Crippen MR) is 122 cm³/mol. The summed E-state index contributed by atoms with van der Waals surface area (Å²) in [6.07, 6.45) is 1.55. The molecule has 1 heterocycles. The Morgan fingerprint density at radius 1 is 1.07 bits per heavy atom. The molecule has 5 nitrogen and oxygen atoms in total. The van der Waals surface area contributed by atoms with Crippen molar-refractivity contribution in [3.8, 4) is 17.2 Å². The van der Waals surface area contributed by atoms with Gasteiger partial charge in [0.2, 0.25) is 0 Å². The Kier molecular flexibility index (Phi) is 7.10. The van der Waals surface area contributed by atoms with Gasteiger partial charge in [-0.05, 0) is 41.8 Å². The van der Waals surface area contributed by atoms with E-state index in [4.69, 9.17) is 21.1 Å². The maximum absolute atomic E-state index is 12.7. The maximum Gasteiger partial charge on any atom is 0.258 e. The van der Waals surface area contributed by atoms with Crippen LogP contribution in [0.3, 0.4) is 0 Å². The molecule has 0 radical (unpaired) electrons. The Morgan fingerprint density at radius 2 is 1.80 bits per heavy atom. The third-order valence-corrected chi connectivity index (χ3v) is 5.45. The maximum atomic E-state index is 12.7. The van der Waals surface area contributed by atoms with E-state index < -0.39 is 0 Å². The highest BCUT2D eigenvalue weighted by molar-refractivity contribution is 7.98. The number of rotatable bonds is 7. The Labute approximate surface area is 186 Å². The Morgan fingerprint density at radius 3 is 2.43 bits per heavy atom. The molecule has 3 aromatic rings. The molecule has 0 unspecified atom stereocenters. The first kappa shape index (κ1) is 22.2. The normalized spacial score (nSPS) is 11.4. The van der Waals surface area contributed by atoms with E-state index in [1.54, 1.807) is 37.3 Å². The van der Waals surface area contributed by atoms with Gasteiger partial charge in [0.1, 0.15) is 6.33 Å². The predicted octanol–water partition coefficient (Wildman–Crippen LogP) is 5.61. The van der Waals surface area contributed by atoms with Crippen LogP contribution in [0.2, 0.25) is 5.02 Å². The summed E-state index contributed by atoms with van der Waals surface area (Å²) in [5, 5.41) is 0.699. The number of thioether (sulfide) groups is 1. The molecule has 2 aromatic carbocycles. The molecule has 0 bridgehead atoms. The van der Waals surface area contributed by atoms with E-state index in [0.717, 1.165) is 4.90 Å². The van der Waals surface area contributed by atoms with Gasteiger partial charge in [-0.15, -0.1) is 11.8 Å². The van der Waals surface area contributed by atoms with Crippen molar-refractivity contribution in [3.05, 3.63) is 75.9 Å². The first-order chi connectivity index (χ1) is 14.2. The van der Waals surface area contributed by atoms with Crippen molar-refractivity contribution in [1.29, 1.82) is 0 Å². The molecule has 0 aliphatic heterocycles. The summed E-state index contributed by atoms with van der Waals surface area (Å²) in [7, 11) is 1.58. The molecule has 0 fully saturated rings. The summed E-state index contributed by atoms with van der Waals surface area (Å²) in [5.41, 5.74) is 1.27. The van der Waals surface area contributed by atoms with Crippen molar-refractivity contribution in [1.82, 2.24) is 9.55 Å². The number of hydrogen-bond donors (Lipinski definition) is 0. The fourth-order valence-corrected chi connectivity index (χ4v) is 3.55. The second-order valence-electron chi connectivity index (χ2n) is 8.02. The lowest BCUT2D eigenvalue weighted by Crippen LogP contribution is -2.19. The third-order valence-electron chi connectivity index (χ3n) is 4.15. The number of benzene rings is 2. The smallest absolute Gasteiger partial charge is 0.258 e. The van der Waals surface area contributed by atoms with E-state index in [0.29, 0.717) is 40.3 Å². The zero-order chi connectivity index (χ0) is 21.7. The van der Waals surface area contributed by atoms with Gasteiger partial charge < -0.3 is 9.47 Å². The molecule has 158 valence electrons. The standard InChI is InChI=1S/C23H25ClN2O3S/c1-23(2,3)14-29-20-10-7-18(12-21(20)28-4)26-15-25-17(11-22(26)27)13-30-19-8-5-16(24)6-9-19/h5-12,15H,13-14H2,1-4H3. The van der Waals surface area contributed by atoms with Crippen molar-refractivity contribution in [2.24, 2.45) is 5.41 Å². The van der Waals surface area contributed by atoms with Crippen LogP contribution in [0, 0.1) is 5.41 Å². The number of aromatic nitrogens is 2. The highest BCUT2D eigenvalue weighted by Gasteiger charge is 2.14. The van der Waals surface area contributed by atoms with E-state index in [1.165, 1.54) is 4.57 Å².